The minimum absolute atomic E-state index is 0.101. The fraction of sp³-hybridized carbons (Fsp3) is 0.231. The van der Waals surface area contributed by atoms with Crippen molar-refractivity contribution in [2.45, 2.75) is 6.92 Å². The molecule has 0 atom stereocenters. The lowest BCUT2D eigenvalue weighted by Crippen LogP contribution is -2.32. The maximum atomic E-state index is 12.4. The topological polar surface area (TPSA) is 64.2 Å². The summed E-state index contributed by atoms with van der Waals surface area (Å²) in [5, 5.41) is 0. The average Bonchev–Trinajstić information content (AvgIpc) is 2.78. The molecule has 1 amide bonds. The fourth-order valence-electron chi connectivity index (χ4n) is 1.86. The van der Waals surface area contributed by atoms with Crippen molar-refractivity contribution in [3.05, 3.63) is 42.5 Å². The summed E-state index contributed by atoms with van der Waals surface area (Å²) in [6.07, 6.45) is 3.17. The highest BCUT2D eigenvalue weighted by molar-refractivity contribution is 6.06. The van der Waals surface area contributed by atoms with Crippen molar-refractivity contribution in [1.82, 2.24) is 9.55 Å². The second-order valence-electron chi connectivity index (χ2n) is 4.00. The van der Waals surface area contributed by atoms with E-state index >= 15 is 0 Å². The standard InChI is InChI=1S/C13H16N4O/c1-3-17(11-7-5-4-6-10(11)14)13(18)12-8-15-9-16(12)2/h4-9H,3,14H2,1-2H3. The minimum atomic E-state index is -0.101. The molecule has 0 spiro atoms. The second kappa shape index (κ2) is 4.91. The van der Waals surface area contributed by atoms with Gasteiger partial charge in [0.15, 0.2) is 0 Å². The molecule has 18 heavy (non-hydrogen) atoms. The summed E-state index contributed by atoms with van der Waals surface area (Å²) < 4.78 is 1.70. The van der Waals surface area contributed by atoms with Crippen LogP contribution in [0.3, 0.4) is 0 Å². The van der Waals surface area contributed by atoms with Gasteiger partial charge in [-0.3, -0.25) is 4.79 Å². The van der Waals surface area contributed by atoms with Gasteiger partial charge in [-0.2, -0.15) is 0 Å². The van der Waals surface area contributed by atoms with Crippen molar-refractivity contribution in [3.63, 3.8) is 0 Å². The summed E-state index contributed by atoms with van der Waals surface area (Å²) in [5.41, 5.74) is 7.77. The van der Waals surface area contributed by atoms with Gasteiger partial charge in [-0.25, -0.2) is 4.98 Å². The molecular weight excluding hydrogens is 228 g/mol. The van der Waals surface area contributed by atoms with Crippen LogP contribution in [0.15, 0.2) is 36.8 Å². The molecule has 0 saturated carbocycles. The first kappa shape index (κ1) is 12.2. The van der Waals surface area contributed by atoms with Crippen LogP contribution < -0.4 is 10.6 Å². The lowest BCUT2D eigenvalue weighted by molar-refractivity contribution is 0.0980. The number of hydrogen-bond donors (Lipinski definition) is 1. The molecule has 0 aliphatic rings. The van der Waals surface area contributed by atoms with E-state index in [2.05, 4.69) is 4.98 Å². The number of hydrogen-bond acceptors (Lipinski definition) is 3. The first-order chi connectivity index (χ1) is 8.65. The van der Waals surface area contributed by atoms with Crippen LogP contribution in [0, 0.1) is 0 Å². The Labute approximate surface area is 106 Å². The maximum Gasteiger partial charge on any atom is 0.276 e. The lowest BCUT2D eigenvalue weighted by atomic mass is 10.2. The summed E-state index contributed by atoms with van der Waals surface area (Å²) in [6.45, 7) is 2.47. The van der Waals surface area contributed by atoms with Gasteiger partial charge in [-0.15, -0.1) is 0 Å². The molecule has 0 unspecified atom stereocenters. The summed E-state index contributed by atoms with van der Waals surface area (Å²) >= 11 is 0. The first-order valence-corrected chi connectivity index (χ1v) is 5.77. The zero-order chi connectivity index (χ0) is 13.1. The minimum Gasteiger partial charge on any atom is -0.397 e. The van der Waals surface area contributed by atoms with Crippen molar-refractivity contribution < 1.29 is 4.79 Å². The summed E-state index contributed by atoms with van der Waals surface area (Å²) in [4.78, 5) is 18.0. The molecule has 2 aromatic rings. The van der Waals surface area contributed by atoms with E-state index in [1.807, 2.05) is 25.1 Å². The van der Waals surface area contributed by atoms with E-state index in [0.717, 1.165) is 5.69 Å². The van der Waals surface area contributed by atoms with Crippen molar-refractivity contribution in [2.75, 3.05) is 17.2 Å². The number of aromatic nitrogens is 2. The van der Waals surface area contributed by atoms with E-state index < -0.39 is 0 Å². The summed E-state index contributed by atoms with van der Waals surface area (Å²) in [5.74, 6) is -0.101. The SMILES string of the molecule is CCN(C(=O)c1cncn1C)c1ccccc1N. The Bertz CT molecular complexity index is 562. The molecule has 0 aliphatic carbocycles. The fourth-order valence-corrected chi connectivity index (χ4v) is 1.86. The number of amides is 1. The van der Waals surface area contributed by atoms with Gasteiger partial charge < -0.3 is 15.2 Å². The van der Waals surface area contributed by atoms with Gasteiger partial charge in [0.1, 0.15) is 5.69 Å². The number of aryl methyl sites for hydroxylation is 1. The molecule has 0 fully saturated rings. The van der Waals surface area contributed by atoms with Crippen LogP contribution in [0.2, 0.25) is 0 Å². The van der Waals surface area contributed by atoms with Gasteiger partial charge in [0.05, 0.1) is 23.9 Å². The number of carbonyl (C=O) groups excluding carboxylic acids is 1. The van der Waals surface area contributed by atoms with E-state index in [1.54, 1.807) is 35.1 Å². The molecule has 0 aliphatic heterocycles. The van der Waals surface area contributed by atoms with Crippen LogP contribution >= 0.6 is 0 Å². The zero-order valence-corrected chi connectivity index (χ0v) is 10.5. The van der Waals surface area contributed by atoms with Gasteiger partial charge in [0.25, 0.3) is 5.91 Å². The number of rotatable bonds is 3. The van der Waals surface area contributed by atoms with Crippen LogP contribution in [-0.2, 0) is 7.05 Å². The Hall–Kier alpha value is -2.30. The molecule has 0 saturated heterocycles. The Morgan fingerprint density at radius 1 is 1.44 bits per heavy atom. The number of carbonyl (C=O) groups is 1. The van der Waals surface area contributed by atoms with Gasteiger partial charge in [0.2, 0.25) is 0 Å². The van der Waals surface area contributed by atoms with Crippen molar-refractivity contribution in [1.29, 1.82) is 0 Å². The van der Waals surface area contributed by atoms with Crippen LogP contribution in [0.1, 0.15) is 17.4 Å². The van der Waals surface area contributed by atoms with Gasteiger partial charge in [0, 0.05) is 13.6 Å². The Kier molecular flexibility index (Phi) is 3.32. The Morgan fingerprint density at radius 3 is 2.72 bits per heavy atom. The summed E-state index contributed by atoms with van der Waals surface area (Å²) in [7, 11) is 1.79. The van der Waals surface area contributed by atoms with Crippen molar-refractivity contribution in [3.8, 4) is 0 Å². The van der Waals surface area contributed by atoms with Gasteiger partial charge in [-0.1, -0.05) is 12.1 Å². The largest absolute Gasteiger partial charge is 0.397 e. The molecule has 5 heteroatoms. The van der Waals surface area contributed by atoms with E-state index in [-0.39, 0.29) is 5.91 Å². The number of nitrogens with two attached hydrogens (primary N) is 1. The Morgan fingerprint density at radius 2 is 2.17 bits per heavy atom. The normalized spacial score (nSPS) is 10.3. The third kappa shape index (κ3) is 2.07. The highest BCUT2D eigenvalue weighted by Crippen LogP contribution is 2.23. The predicted octanol–water partition coefficient (Wildman–Crippen LogP) is 1.67. The third-order valence-electron chi connectivity index (χ3n) is 2.82. The highest BCUT2D eigenvalue weighted by Gasteiger charge is 2.20. The quantitative estimate of drug-likeness (QED) is 0.835. The zero-order valence-electron chi connectivity index (χ0n) is 10.5. The molecule has 1 aromatic heterocycles. The molecule has 1 aromatic carbocycles. The molecule has 1 heterocycles. The van der Waals surface area contributed by atoms with Crippen molar-refractivity contribution in [2.24, 2.45) is 7.05 Å². The smallest absolute Gasteiger partial charge is 0.276 e. The molecule has 2 N–H and O–H groups in total. The van der Waals surface area contributed by atoms with Gasteiger partial charge >= 0.3 is 0 Å². The first-order valence-electron chi connectivity index (χ1n) is 5.77. The molecular formula is C13H16N4O. The number of anilines is 2. The Balaban J connectivity index is 2.39. The summed E-state index contributed by atoms with van der Waals surface area (Å²) in [6, 6.07) is 7.34. The predicted molar refractivity (Wildman–Crippen MR) is 71.4 cm³/mol. The van der Waals surface area contributed by atoms with E-state index in [1.165, 1.54) is 0 Å². The number of para-hydroxylation sites is 2. The van der Waals surface area contributed by atoms with Gasteiger partial charge in [-0.05, 0) is 19.1 Å². The molecule has 0 bridgehead atoms. The highest BCUT2D eigenvalue weighted by atomic mass is 16.2. The van der Waals surface area contributed by atoms with Crippen LogP contribution in [0.4, 0.5) is 11.4 Å². The molecule has 94 valence electrons. The second-order valence-corrected chi connectivity index (χ2v) is 4.00. The van der Waals surface area contributed by atoms with E-state index in [0.29, 0.717) is 17.9 Å². The van der Waals surface area contributed by atoms with E-state index in [4.69, 9.17) is 5.73 Å². The maximum absolute atomic E-state index is 12.4. The van der Waals surface area contributed by atoms with Crippen molar-refractivity contribution >= 4 is 17.3 Å². The van der Waals surface area contributed by atoms with E-state index in [9.17, 15) is 4.79 Å². The third-order valence-corrected chi connectivity index (χ3v) is 2.82. The number of imidazole rings is 1. The average molecular weight is 244 g/mol. The monoisotopic (exact) mass is 244 g/mol. The molecule has 0 radical (unpaired) electrons. The molecule has 2 rings (SSSR count). The number of benzene rings is 1. The van der Waals surface area contributed by atoms with Crippen LogP contribution in [0.25, 0.3) is 0 Å². The van der Waals surface area contributed by atoms with Crippen LogP contribution in [-0.4, -0.2) is 22.0 Å². The number of nitrogens with zero attached hydrogens (tertiary/aromatic N) is 3. The molecule has 5 nitrogen and oxygen atoms in total. The number of nitrogen functional groups attached to an aromatic ring is 1. The van der Waals surface area contributed by atoms with Crippen LogP contribution in [0.5, 0.6) is 0 Å². The lowest BCUT2D eigenvalue weighted by Gasteiger charge is -2.22.